The molecule has 4 N–H and O–H groups in total. The molecule has 276 valence electrons. The summed E-state index contributed by atoms with van der Waals surface area (Å²) in [5, 5.41) is 44.1. The molecule has 14 nitrogen and oxygen atoms in total. The third-order valence-electron chi connectivity index (χ3n) is 9.48. The molecular formula is C36H48O14. The van der Waals surface area contributed by atoms with E-state index < -0.39 is 77.7 Å². The SMILES string of the molecule is C=C(CC[C@]12O[C@H](C(=O)OC)[C@@](O)(C(=O)O)[C@](C(=O)O)(O1)[C@H](OC(=O)/C=C/[C@@H](C)C[C@@H](C)CC)[C@H]2O)[C@@H](OC(C)=O)[C@H](C)Cc1ccccc1. The Morgan fingerprint density at radius 3 is 2.24 bits per heavy atom. The molecule has 0 radical (unpaired) electrons. The van der Waals surface area contributed by atoms with Crippen LogP contribution in [0.15, 0.2) is 54.6 Å². The summed E-state index contributed by atoms with van der Waals surface area (Å²) in [5.74, 6) is -10.4. The van der Waals surface area contributed by atoms with Gasteiger partial charge in [0.2, 0.25) is 23.1 Å². The van der Waals surface area contributed by atoms with Gasteiger partial charge in [0.1, 0.15) is 12.2 Å². The summed E-state index contributed by atoms with van der Waals surface area (Å²) in [6.45, 7) is 13.0. The third-order valence-corrected chi connectivity index (χ3v) is 9.48. The van der Waals surface area contributed by atoms with E-state index in [0.29, 0.717) is 18.8 Å². The van der Waals surface area contributed by atoms with Gasteiger partial charge in [0, 0.05) is 25.3 Å². The number of aliphatic hydroxyl groups excluding tert-OH is 1. The summed E-state index contributed by atoms with van der Waals surface area (Å²) >= 11 is 0. The molecule has 2 heterocycles. The summed E-state index contributed by atoms with van der Waals surface area (Å²) in [6.07, 6.45) is -4.26. The van der Waals surface area contributed by atoms with Crippen molar-refractivity contribution in [3.8, 4) is 0 Å². The summed E-state index contributed by atoms with van der Waals surface area (Å²) in [6, 6.07) is 9.35. The third kappa shape index (κ3) is 7.93. The molecule has 0 aliphatic carbocycles. The molecule has 2 bridgehead atoms. The van der Waals surface area contributed by atoms with Crippen LogP contribution < -0.4 is 0 Å². The van der Waals surface area contributed by atoms with Crippen LogP contribution in [0.5, 0.6) is 0 Å². The number of fused-ring (bicyclic) bond motifs is 2. The van der Waals surface area contributed by atoms with Crippen LogP contribution in [0.25, 0.3) is 0 Å². The normalized spacial score (nSPS) is 29.7. The maximum atomic E-state index is 13.1. The Labute approximate surface area is 291 Å². The lowest BCUT2D eigenvalue weighted by molar-refractivity contribution is -0.374. The number of ether oxygens (including phenoxy) is 5. The fraction of sp³-hybridized carbons (Fsp3) is 0.583. The molecule has 0 saturated carbocycles. The van der Waals surface area contributed by atoms with Gasteiger partial charge in [0.15, 0.2) is 6.10 Å². The molecule has 2 aliphatic heterocycles. The van der Waals surface area contributed by atoms with Gasteiger partial charge in [-0.25, -0.2) is 19.2 Å². The van der Waals surface area contributed by atoms with E-state index in [1.165, 1.54) is 13.0 Å². The number of benzene rings is 1. The Morgan fingerprint density at radius 1 is 1.06 bits per heavy atom. The van der Waals surface area contributed by atoms with Crippen molar-refractivity contribution < 1.29 is 68.1 Å². The van der Waals surface area contributed by atoms with Crippen molar-refractivity contribution in [2.24, 2.45) is 17.8 Å². The maximum absolute atomic E-state index is 13.1. The maximum Gasteiger partial charge on any atom is 0.344 e. The monoisotopic (exact) mass is 704 g/mol. The number of allylic oxidation sites excluding steroid dienone is 1. The second-order valence-corrected chi connectivity index (χ2v) is 13.3. The molecular weight excluding hydrogens is 656 g/mol. The molecule has 3 rings (SSSR count). The number of hydrogen-bond donors (Lipinski definition) is 4. The molecule has 50 heavy (non-hydrogen) atoms. The minimum absolute atomic E-state index is 0.107. The lowest BCUT2D eigenvalue weighted by atomic mass is 9.74. The first-order valence-corrected chi connectivity index (χ1v) is 16.5. The van der Waals surface area contributed by atoms with Gasteiger partial charge in [-0.05, 0) is 42.2 Å². The van der Waals surface area contributed by atoms with Crippen LogP contribution in [0.2, 0.25) is 0 Å². The molecule has 10 atom stereocenters. The average molecular weight is 705 g/mol. The van der Waals surface area contributed by atoms with Crippen LogP contribution in [0, 0.1) is 17.8 Å². The van der Waals surface area contributed by atoms with Crippen molar-refractivity contribution in [1.29, 1.82) is 0 Å². The summed E-state index contributed by atoms with van der Waals surface area (Å²) in [7, 11) is 0.852. The zero-order chi connectivity index (χ0) is 37.6. The quantitative estimate of drug-likeness (QED) is 0.0795. The predicted molar refractivity (Wildman–Crippen MR) is 175 cm³/mol. The zero-order valence-corrected chi connectivity index (χ0v) is 29.2. The average Bonchev–Trinajstić information content (AvgIpc) is 3.28. The van der Waals surface area contributed by atoms with Crippen LogP contribution in [-0.2, 0) is 54.1 Å². The number of esters is 3. The standard InChI is InChI=1S/C36H48O14/c1-8-20(2)18-21(3)14-15-26(38)48-29-28(39)34(49-30(31(40)46-7)35(45,32(41)42)36(29,50-34)33(43)44)17-16-22(4)27(47-24(6)37)23(5)19-25-12-10-9-11-13-25/h9-15,20-21,23,27-30,39,45H,4,8,16-19H2,1-3,5-7H3,(H,41,42)(H,43,44)/b15-14+/t20-,21+,23+,27+,28+,29+,30+,34-,35+,36-/m0/s1. The fourth-order valence-electron chi connectivity index (χ4n) is 6.68. The number of carbonyl (C=O) groups excluding carboxylic acids is 3. The fourth-order valence-corrected chi connectivity index (χ4v) is 6.68. The van der Waals surface area contributed by atoms with E-state index in [2.05, 4.69) is 11.3 Å². The number of hydrogen-bond acceptors (Lipinski definition) is 12. The van der Waals surface area contributed by atoms with E-state index in [9.17, 15) is 44.4 Å². The van der Waals surface area contributed by atoms with Gasteiger partial charge < -0.3 is 44.1 Å². The van der Waals surface area contributed by atoms with Gasteiger partial charge in [0.05, 0.1) is 7.11 Å². The lowest BCUT2D eigenvalue weighted by Gasteiger charge is -2.49. The van der Waals surface area contributed by atoms with Crippen molar-refractivity contribution in [3.05, 3.63) is 60.2 Å². The number of carboxylic acid groups (broad SMARTS) is 2. The predicted octanol–water partition coefficient (Wildman–Crippen LogP) is 2.97. The lowest BCUT2D eigenvalue weighted by Crippen LogP contribution is -2.78. The van der Waals surface area contributed by atoms with Gasteiger partial charge in [0.25, 0.3) is 0 Å². The molecule has 1 aromatic carbocycles. The zero-order valence-electron chi connectivity index (χ0n) is 29.2. The molecule has 0 aromatic heterocycles. The highest BCUT2D eigenvalue weighted by molar-refractivity contribution is 5.98. The molecule has 2 aliphatic rings. The first-order chi connectivity index (χ1) is 23.4. The number of carboxylic acids is 2. The van der Waals surface area contributed by atoms with Gasteiger partial charge in [-0.1, -0.05) is 77.1 Å². The Kier molecular flexibility index (Phi) is 13.1. The van der Waals surface area contributed by atoms with Crippen LogP contribution >= 0.6 is 0 Å². The summed E-state index contributed by atoms with van der Waals surface area (Å²) in [5.41, 5.74) is -6.02. The van der Waals surface area contributed by atoms with E-state index in [4.69, 9.17) is 18.9 Å². The largest absolute Gasteiger partial charge is 0.479 e. The molecule has 1 aromatic rings. The second kappa shape index (κ2) is 16.3. The Balaban J connectivity index is 2.04. The second-order valence-electron chi connectivity index (χ2n) is 13.3. The molecule has 14 heteroatoms. The first kappa shape index (κ1) is 40.3. The molecule has 0 amide bonds. The highest BCUT2D eigenvalue weighted by Crippen LogP contribution is 2.56. The van der Waals surface area contributed by atoms with Gasteiger partial charge in [-0.3, -0.25) is 4.79 Å². The number of methoxy groups -OCH3 is 1. The van der Waals surface area contributed by atoms with Gasteiger partial charge >= 0.3 is 29.8 Å². The van der Waals surface area contributed by atoms with Crippen LogP contribution in [0.3, 0.4) is 0 Å². The Hall–Kier alpha value is -4.11. The van der Waals surface area contributed by atoms with E-state index >= 15 is 0 Å². The topological polar surface area (TPSA) is 212 Å². The highest BCUT2D eigenvalue weighted by Gasteiger charge is 2.86. The summed E-state index contributed by atoms with van der Waals surface area (Å²) < 4.78 is 27.1. The minimum atomic E-state index is -3.77. The van der Waals surface area contributed by atoms with Crippen molar-refractivity contribution in [3.63, 3.8) is 0 Å². The van der Waals surface area contributed by atoms with E-state index in [1.807, 2.05) is 58.0 Å². The summed E-state index contributed by atoms with van der Waals surface area (Å²) in [4.78, 5) is 64.0. The van der Waals surface area contributed by atoms with Crippen molar-refractivity contribution >= 4 is 29.8 Å². The first-order valence-electron chi connectivity index (χ1n) is 16.5. The van der Waals surface area contributed by atoms with E-state index in [1.54, 1.807) is 0 Å². The highest BCUT2D eigenvalue weighted by atomic mass is 16.8. The number of rotatable bonds is 17. The van der Waals surface area contributed by atoms with E-state index in [-0.39, 0.29) is 23.8 Å². The number of aliphatic carboxylic acids is 2. The molecule has 2 saturated heterocycles. The Morgan fingerprint density at radius 2 is 1.70 bits per heavy atom. The van der Waals surface area contributed by atoms with Crippen molar-refractivity contribution in [2.75, 3.05) is 7.11 Å². The van der Waals surface area contributed by atoms with Gasteiger partial charge in [-0.15, -0.1) is 0 Å². The van der Waals surface area contributed by atoms with Gasteiger partial charge in [-0.2, -0.15) is 0 Å². The van der Waals surface area contributed by atoms with Crippen molar-refractivity contribution in [1.82, 2.24) is 0 Å². The smallest absolute Gasteiger partial charge is 0.344 e. The minimum Gasteiger partial charge on any atom is -0.479 e. The van der Waals surface area contributed by atoms with E-state index in [0.717, 1.165) is 25.2 Å². The molecule has 0 unspecified atom stereocenters. The Bertz CT molecular complexity index is 1460. The van der Waals surface area contributed by atoms with Crippen molar-refractivity contribution in [2.45, 2.75) is 108 Å². The number of aliphatic hydroxyl groups is 2. The number of carbonyl (C=O) groups is 5. The van der Waals surface area contributed by atoms with Crippen LogP contribution in [0.1, 0.15) is 65.9 Å². The molecule has 0 spiro atoms. The molecule has 2 fully saturated rings. The van der Waals surface area contributed by atoms with Crippen LogP contribution in [0.4, 0.5) is 0 Å². The van der Waals surface area contributed by atoms with Crippen LogP contribution in [-0.4, -0.2) is 98.8 Å².